The van der Waals surface area contributed by atoms with Crippen LogP contribution in [0.25, 0.3) is 6.08 Å². The summed E-state index contributed by atoms with van der Waals surface area (Å²) in [5.74, 6) is -2.90. The third-order valence-electron chi connectivity index (χ3n) is 8.35. The Morgan fingerprint density at radius 2 is 1.74 bits per heavy atom. The van der Waals surface area contributed by atoms with Crippen LogP contribution >= 0.6 is 23.2 Å². The van der Waals surface area contributed by atoms with E-state index in [1.54, 1.807) is 20.8 Å². The van der Waals surface area contributed by atoms with E-state index in [-0.39, 0.29) is 51.6 Å². The lowest BCUT2D eigenvalue weighted by atomic mass is 9.94. The van der Waals surface area contributed by atoms with Crippen LogP contribution in [0.3, 0.4) is 0 Å². The van der Waals surface area contributed by atoms with Gasteiger partial charge in [0.25, 0.3) is 10.0 Å². The highest BCUT2D eigenvalue weighted by Crippen LogP contribution is 2.44. The van der Waals surface area contributed by atoms with Crippen LogP contribution in [-0.2, 0) is 40.3 Å². The van der Waals surface area contributed by atoms with Gasteiger partial charge in [0, 0.05) is 36.0 Å². The first-order valence-electron chi connectivity index (χ1n) is 16.2. The van der Waals surface area contributed by atoms with E-state index in [2.05, 4.69) is 15.0 Å². The number of nitrogens with zero attached hydrogens (tertiary/aromatic N) is 1. The first-order chi connectivity index (χ1) is 24.5. The highest BCUT2D eigenvalue weighted by molar-refractivity contribution is 7.90. The molecule has 53 heavy (non-hydrogen) atoms. The fourth-order valence-electron chi connectivity index (χ4n) is 5.96. The lowest BCUT2D eigenvalue weighted by Gasteiger charge is -2.28. The minimum Gasteiger partial charge on any atom is -0.487 e. The van der Waals surface area contributed by atoms with Crippen molar-refractivity contribution >= 4 is 63.1 Å². The molecule has 2 heterocycles. The smallest absolute Gasteiger partial charge is 0.430 e. The van der Waals surface area contributed by atoms with Gasteiger partial charge in [0.05, 0.1) is 15.5 Å². The van der Waals surface area contributed by atoms with Crippen molar-refractivity contribution < 1.29 is 54.9 Å². The molecule has 4 rings (SSSR count). The van der Waals surface area contributed by atoms with Gasteiger partial charge in [-0.1, -0.05) is 23.2 Å². The Balaban J connectivity index is 1.32. The van der Waals surface area contributed by atoms with Gasteiger partial charge in [-0.2, -0.15) is 13.2 Å². The molecule has 290 valence electrons. The van der Waals surface area contributed by atoms with Crippen molar-refractivity contribution in [3.8, 4) is 11.5 Å². The second kappa shape index (κ2) is 16.0. The van der Waals surface area contributed by atoms with Gasteiger partial charge in [0.15, 0.2) is 0 Å². The molecule has 2 aliphatic rings. The van der Waals surface area contributed by atoms with Gasteiger partial charge in [-0.25, -0.2) is 22.7 Å². The summed E-state index contributed by atoms with van der Waals surface area (Å²) in [5, 5.41) is 2.33. The Hall–Kier alpha value is -4.22. The van der Waals surface area contributed by atoms with Gasteiger partial charge in [-0.05, 0) is 82.4 Å². The van der Waals surface area contributed by atoms with Gasteiger partial charge in [-0.15, -0.1) is 0 Å². The zero-order valence-corrected chi connectivity index (χ0v) is 32.0. The van der Waals surface area contributed by atoms with Crippen LogP contribution in [0.4, 0.5) is 13.2 Å². The second-order valence-electron chi connectivity index (χ2n) is 13.1. The maximum atomic E-state index is 13.8. The van der Waals surface area contributed by atoms with Crippen LogP contribution < -0.4 is 25.2 Å². The van der Waals surface area contributed by atoms with Gasteiger partial charge in [0.2, 0.25) is 18.0 Å². The summed E-state index contributed by atoms with van der Waals surface area (Å²) in [6.07, 6.45) is -6.12. The number of esters is 2. The molecule has 0 fully saturated rings. The minimum atomic E-state index is -5.00. The summed E-state index contributed by atoms with van der Waals surface area (Å²) in [6, 6.07) is 1.27. The van der Waals surface area contributed by atoms with Gasteiger partial charge in [0.1, 0.15) is 36.4 Å². The summed E-state index contributed by atoms with van der Waals surface area (Å²) >= 11 is 11.9. The Labute approximate surface area is 314 Å². The number of benzene rings is 2. The average molecular weight is 808 g/mol. The topological polar surface area (TPSA) is 185 Å². The number of alkyl halides is 3. The molecular weight excluding hydrogens is 768 g/mol. The van der Waals surface area contributed by atoms with E-state index in [0.717, 1.165) is 11.6 Å². The largest absolute Gasteiger partial charge is 0.487 e. The summed E-state index contributed by atoms with van der Waals surface area (Å²) < 4.78 is 91.5. The van der Waals surface area contributed by atoms with Crippen molar-refractivity contribution in [3.05, 3.63) is 55.6 Å². The van der Waals surface area contributed by atoms with Crippen molar-refractivity contribution in [3.63, 3.8) is 0 Å². The number of amides is 1. The molecule has 0 saturated heterocycles. The van der Waals surface area contributed by atoms with Crippen LogP contribution in [0.1, 0.15) is 61.4 Å². The van der Waals surface area contributed by atoms with E-state index < -0.39 is 70.6 Å². The molecule has 0 unspecified atom stereocenters. The Morgan fingerprint density at radius 1 is 1.08 bits per heavy atom. The van der Waals surface area contributed by atoms with Crippen molar-refractivity contribution in [2.45, 2.75) is 89.6 Å². The maximum Gasteiger partial charge on any atom is 0.430 e. The molecule has 1 amide bonds. The molecule has 0 radical (unpaired) electrons. The van der Waals surface area contributed by atoms with E-state index in [0.29, 0.717) is 28.9 Å². The lowest BCUT2D eigenvalue weighted by Crippen LogP contribution is -2.42. The number of rotatable bonds is 12. The number of carbonyl (C=O) groups is 3. The van der Waals surface area contributed by atoms with Gasteiger partial charge >= 0.3 is 18.1 Å². The number of halogens is 5. The lowest BCUT2D eigenvalue weighted by molar-refractivity contribution is -0.188. The first-order valence-corrected chi connectivity index (χ1v) is 18.5. The van der Waals surface area contributed by atoms with Crippen LogP contribution in [0.15, 0.2) is 27.6 Å². The monoisotopic (exact) mass is 806 g/mol. The third kappa shape index (κ3) is 9.86. The SMILES string of the molecule is CC(=O)N[C@@H](CCCN=C(N)NS(=O)(=O)c1c(C)c(C)c2c(c1C)CC(C)(C)O2)C(=O)OCCOC(=O)C1=Cc2cc(Cl)cc(Cl)c2O[C@@H]1C(F)(F)F. The molecule has 0 aliphatic carbocycles. The predicted octanol–water partition coefficient (Wildman–Crippen LogP) is 5.00. The third-order valence-corrected chi connectivity index (χ3v) is 10.5. The number of guanidine groups is 1. The van der Waals surface area contributed by atoms with E-state index >= 15 is 0 Å². The summed E-state index contributed by atoms with van der Waals surface area (Å²) in [4.78, 5) is 41.3. The molecular formula is C34H39Cl2F3N4O9S. The second-order valence-corrected chi connectivity index (χ2v) is 15.5. The van der Waals surface area contributed by atoms with Crippen molar-refractivity contribution in [2.75, 3.05) is 19.8 Å². The minimum absolute atomic E-state index is 0.0121. The number of hydrogen-bond acceptors (Lipinski definition) is 10. The molecule has 19 heteroatoms. The molecule has 13 nitrogen and oxygen atoms in total. The standard InChI is InChI=1S/C34H39Cl2F3N4O9S/c1-16-17(2)28(18(3)23-15-33(5,6)52-26(16)23)53(47,48)43-32(40)41-9-7-8-25(42-19(4)44)31(46)50-11-10-49-30(45)22-13-20-12-21(35)14-24(36)27(20)51-29(22)34(37,38)39/h12-14,25,29H,7-11,15H2,1-6H3,(H,42,44)(H3,40,41,43)/t25-,29-/m0/s1. The number of nitrogens with one attached hydrogen (secondary N) is 2. The van der Waals surface area contributed by atoms with Crippen LogP contribution in [0.2, 0.25) is 10.0 Å². The Kier molecular flexibility index (Phi) is 12.6. The van der Waals surface area contributed by atoms with Crippen LogP contribution in [0, 0.1) is 20.8 Å². The zero-order chi connectivity index (χ0) is 39.6. The Morgan fingerprint density at radius 3 is 2.38 bits per heavy atom. The molecule has 4 N–H and O–H groups in total. The molecule has 2 atom stereocenters. The summed E-state index contributed by atoms with van der Waals surface area (Å²) in [5.41, 5.74) is 7.16. The van der Waals surface area contributed by atoms with Crippen LogP contribution in [0.5, 0.6) is 11.5 Å². The maximum absolute atomic E-state index is 13.8. The molecule has 2 aromatic carbocycles. The van der Waals surface area contributed by atoms with E-state index in [9.17, 15) is 36.0 Å². The summed E-state index contributed by atoms with van der Waals surface area (Å²) in [7, 11) is -4.14. The van der Waals surface area contributed by atoms with Crippen molar-refractivity contribution in [1.29, 1.82) is 0 Å². The van der Waals surface area contributed by atoms with Crippen LogP contribution in [-0.4, -0.2) is 75.9 Å². The quantitative estimate of drug-likeness (QED) is 0.114. The summed E-state index contributed by atoms with van der Waals surface area (Å²) in [6.45, 7) is 8.96. The van der Waals surface area contributed by atoms with E-state index in [1.165, 1.54) is 19.1 Å². The number of ether oxygens (including phenoxy) is 4. The highest BCUT2D eigenvalue weighted by Gasteiger charge is 2.49. The van der Waals surface area contributed by atoms with Gasteiger partial charge in [-0.3, -0.25) is 9.79 Å². The fourth-order valence-corrected chi connectivity index (χ4v) is 8.04. The van der Waals surface area contributed by atoms with E-state index in [4.69, 9.17) is 47.9 Å². The zero-order valence-electron chi connectivity index (χ0n) is 29.6. The van der Waals surface area contributed by atoms with E-state index in [1.807, 2.05) is 13.8 Å². The number of carbonyl (C=O) groups excluding carboxylic acids is 3. The number of hydrogen-bond donors (Lipinski definition) is 3. The molecule has 0 bridgehead atoms. The Bertz CT molecular complexity index is 1990. The number of aliphatic imine (C=N–C) groups is 1. The van der Waals surface area contributed by atoms with Crippen molar-refractivity contribution in [2.24, 2.45) is 10.7 Å². The normalized spacial score (nSPS) is 17.0. The van der Waals surface area contributed by atoms with Crippen molar-refractivity contribution in [1.82, 2.24) is 10.0 Å². The van der Waals surface area contributed by atoms with Gasteiger partial charge < -0.3 is 30.0 Å². The first kappa shape index (κ1) is 41.5. The number of sulfonamides is 1. The number of fused-ring (bicyclic) bond motifs is 2. The highest BCUT2D eigenvalue weighted by atomic mass is 35.5. The molecule has 0 saturated carbocycles. The molecule has 0 spiro atoms. The number of nitrogens with two attached hydrogens (primary N) is 1. The fraction of sp³-hybridized carbons (Fsp3) is 0.471. The average Bonchev–Trinajstić information content (AvgIpc) is 3.37. The predicted molar refractivity (Wildman–Crippen MR) is 190 cm³/mol. The molecule has 2 aliphatic heterocycles. The molecule has 0 aromatic heterocycles. The molecule has 2 aromatic rings.